The fourth-order valence-corrected chi connectivity index (χ4v) is 3.30. The topological polar surface area (TPSA) is 37.3 Å². The van der Waals surface area contributed by atoms with Crippen LogP contribution < -0.4 is 0 Å². The summed E-state index contributed by atoms with van der Waals surface area (Å²) < 4.78 is 12.7. The zero-order valence-electron chi connectivity index (χ0n) is 12.9. The average Bonchev–Trinajstić information content (AvgIpc) is 2.43. The molecule has 0 amide bonds. The Labute approximate surface area is 125 Å². The van der Waals surface area contributed by atoms with Crippen molar-refractivity contribution in [1.82, 2.24) is 0 Å². The smallest absolute Gasteiger partial charge is 0.0896 e. The molecule has 112 valence electrons. The normalized spacial score (nSPS) is 15.4. The van der Waals surface area contributed by atoms with E-state index in [1.807, 2.05) is 51.1 Å². The Hall–Kier alpha value is -0.930. The molecular weight excluding hydrogens is 268 g/mol. The van der Waals surface area contributed by atoms with E-state index in [-0.39, 0.29) is 5.92 Å². The van der Waals surface area contributed by atoms with Crippen molar-refractivity contribution in [1.29, 1.82) is 0 Å². The summed E-state index contributed by atoms with van der Waals surface area (Å²) in [5.74, 6) is 0.0669. The fraction of sp³-hybridized carbons (Fsp3) is 0.529. The highest BCUT2D eigenvalue weighted by Crippen LogP contribution is 2.23. The minimum absolute atomic E-state index is 0.0669. The van der Waals surface area contributed by atoms with E-state index < -0.39 is 16.9 Å². The predicted molar refractivity (Wildman–Crippen MR) is 86.0 cm³/mol. The van der Waals surface area contributed by atoms with Gasteiger partial charge in [-0.1, -0.05) is 57.4 Å². The summed E-state index contributed by atoms with van der Waals surface area (Å²) in [5, 5.41) is 10.3. The van der Waals surface area contributed by atoms with Crippen molar-refractivity contribution in [2.24, 2.45) is 5.92 Å². The van der Waals surface area contributed by atoms with Gasteiger partial charge in [0, 0.05) is 9.80 Å². The summed E-state index contributed by atoms with van der Waals surface area (Å²) in [5.41, 5.74) is 1.15. The van der Waals surface area contributed by atoms with E-state index in [4.69, 9.17) is 0 Å². The van der Waals surface area contributed by atoms with Gasteiger partial charge in [-0.15, -0.1) is 0 Å². The zero-order chi connectivity index (χ0) is 15.1. The summed E-state index contributed by atoms with van der Waals surface area (Å²) in [7, 11) is -1.27. The monoisotopic (exact) mass is 294 g/mol. The van der Waals surface area contributed by atoms with Gasteiger partial charge in [-0.3, -0.25) is 0 Å². The number of hydrogen-bond acceptors (Lipinski definition) is 2. The van der Waals surface area contributed by atoms with E-state index in [1.54, 1.807) is 0 Å². The third-order valence-corrected chi connectivity index (χ3v) is 4.81. The summed E-state index contributed by atoms with van der Waals surface area (Å²) in [6, 6.07) is 7.68. The van der Waals surface area contributed by atoms with Crippen LogP contribution in [0.2, 0.25) is 0 Å². The Morgan fingerprint density at radius 3 is 2.40 bits per heavy atom. The average molecular weight is 294 g/mol. The molecule has 0 aliphatic heterocycles. The van der Waals surface area contributed by atoms with E-state index in [9.17, 15) is 9.32 Å². The number of benzene rings is 1. The molecule has 0 fully saturated rings. The first kappa shape index (κ1) is 17.1. The highest BCUT2D eigenvalue weighted by Gasteiger charge is 2.21. The molecule has 2 nitrogen and oxygen atoms in total. The number of hydrogen-bond donors (Lipinski definition) is 1. The third kappa shape index (κ3) is 4.88. The zero-order valence-corrected chi connectivity index (χ0v) is 13.7. The van der Waals surface area contributed by atoms with Crippen LogP contribution in [0.25, 0.3) is 0 Å². The van der Waals surface area contributed by atoms with E-state index in [2.05, 4.69) is 6.92 Å². The molecular formula is C17H26O2S. The highest BCUT2D eigenvalue weighted by molar-refractivity contribution is 7.89. The summed E-state index contributed by atoms with van der Waals surface area (Å²) in [6.07, 6.45) is 4.34. The number of unbranched alkanes of at least 4 members (excludes halogenated alkanes) is 2. The minimum atomic E-state index is -1.27. The lowest BCUT2D eigenvalue weighted by Gasteiger charge is -2.18. The standard InChI is InChI=1S/C17H26O2S/c1-5-6-7-8-16(17(18)13(2)3)20(19)15-11-9-14(4)10-12-15/h8-13,17-18H,5-7H2,1-4H3/b16-8+/t17-,20-/m0/s1. The number of rotatable bonds is 7. The van der Waals surface area contributed by atoms with Gasteiger partial charge >= 0.3 is 0 Å². The first-order valence-electron chi connectivity index (χ1n) is 7.34. The first-order valence-corrected chi connectivity index (χ1v) is 8.49. The Kier molecular flexibility index (Phi) is 7.17. The molecule has 3 heteroatoms. The quantitative estimate of drug-likeness (QED) is 0.765. The van der Waals surface area contributed by atoms with E-state index in [0.29, 0.717) is 4.91 Å². The van der Waals surface area contributed by atoms with Crippen molar-refractivity contribution >= 4 is 10.8 Å². The summed E-state index contributed by atoms with van der Waals surface area (Å²) in [4.78, 5) is 1.41. The lowest BCUT2D eigenvalue weighted by Crippen LogP contribution is -2.21. The molecule has 0 heterocycles. The van der Waals surface area contributed by atoms with Gasteiger partial charge in [0.1, 0.15) is 0 Å². The molecule has 0 radical (unpaired) electrons. The Bertz CT molecular complexity index is 460. The molecule has 0 aromatic heterocycles. The lowest BCUT2D eigenvalue weighted by molar-refractivity contribution is 0.167. The second-order valence-corrected chi connectivity index (χ2v) is 7.00. The van der Waals surface area contributed by atoms with Gasteiger partial charge in [-0.25, -0.2) is 4.21 Å². The second-order valence-electron chi connectivity index (χ2n) is 5.52. The third-order valence-electron chi connectivity index (χ3n) is 3.28. The second kappa shape index (κ2) is 8.38. The van der Waals surface area contributed by atoms with Crippen LogP contribution in [-0.4, -0.2) is 15.4 Å². The number of aryl methyl sites for hydroxylation is 1. The van der Waals surface area contributed by atoms with Gasteiger partial charge in [0.2, 0.25) is 0 Å². The van der Waals surface area contributed by atoms with Crippen molar-refractivity contribution in [3.63, 3.8) is 0 Å². The van der Waals surface area contributed by atoms with Crippen LogP contribution >= 0.6 is 0 Å². The highest BCUT2D eigenvalue weighted by atomic mass is 32.2. The van der Waals surface area contributed by atoms with Crippen LogP contribution in [0.3, 0.4) is 0 Å². The molecule has 0 saturated heterocycles. The van der Waals surface area contributed by atoms with Crippen LogP contribution in [0.5, 0.6) is 0 Å². The van der Waals surface area contributed by atoms with Crippen molar-refractivity contribution in [2.75, 3.05) is 0 Å². The number of aliphatic hydroxyl groups excluding tert-OH is 1. The van der Waals surface area contributed by atoms with Crippen molar-refractivity contribution in [3.05, 3.63) is 40.8 Å². The predicted octanol–water partition coefficient (Wildman–Crippen LogP) is 4.19. The SMILES string of the molecule is CCCC/C=C(\[C@@H](O)C(C)C)[S@@](=O)c1ccc(C)cc1. The molecule has 1 N–H and O–H groups in total. The molecule has 20 heavy (non-hydrogen) atoms. The van der Waals surface area contributed by atoms with E-state index in [1.165, 1.54) is 0 Å². The Morgan fingerprint density at radius 1 is 1.30 bits per heavy atom. The van der Waals surface area contributed by atoms with Crippen LogP contribution in [0.4, 0.5) is 0 Å². The lowest BCUT2D eigenvalue weighted by atomic mass is 10.1. The largest absolute Gasteiger partial charge is 0.388 e. The van der Waals surface area contributed by atoms with Crippen molar-refractivity contribution in [3.8, 4) is 0 Å². The molecule has 1 rings (SSSR count). The Balaban J connectivity index is 3.00. The van der Waals surface area contributed by atoms with Gasteiger partial charge in [0.15, 0.2) is 0 Å². The molecule has 0 aliphatic rings. The maximum atomic E-state index is 12.7. The molecule has 0 spiro atoms. The van der Waals surface area contributed by atoms with Gasteiger partial charge in [-0.05, 0) is 31.4 Å². The molecule has 0 unspecified atom stereocenters. The molecule has 0 saturated carbocycles. The molecule has 0 bridgehead atoms. The minimum Gasteiger partial charge on any atom is -0.388 e. The molecule has 1 aromatic rings. The number of aliphatic hydroxyl groups is 1. The maximum Gasteiger partial charge on any atom is 0.0896 e. The van der Waals surface area contributed by atoms with Crippen molar-refractivity contribution in [2.45, 2.75) is 58.0 Å². The fourth-order valence-electron chi connectivity index (χ4n) is 1.88. The van der Waals surface area contributed by atoms with Crippen molar-refractivity contribution < 1.29 is 9.32 Å². The first-order chi connectivity index (χ1) is 9.47. The maximum absolute atomic E-state index is 12.7. The molecule has 2 atom stereocenters. The molecule has 0 aliphatic carbocycles. The van der Waals surface area contributed by atoms with Gasteiger partial charge in [-0.2, -0.15) is 0 Å². The summed E-state index contributed by atoms with van der Waals surface area (Å²) in [6.45, 7) is 8.03. The molecule has 1 aromatic carbocycles. The van der Waals surface area contributed by atoms with Gasteiger partial charge in [0.05, 0.1) is 16.9 Å². The van der Waals surface area contributed by atoms with Crippen LogP contribution in [-0.2, 0) is 10.8 Å². The van der Waals surface area contributed by atoms with Gasteiger partial charge < -0.3 is 5.11 Å². The van der Waals surface area contributed by atoms with Crippen LogP contribution in [0, 0.1) is 12.8 Å². The van der Waals surface area contributed by atoms with Crippen LogP contribution in [0.1, 0.15) is 45.6 Å². The van der Waals surface area contributed by atoms with E-state index >= 15 is 0 Å². The van der Waals surface area contributed by atoms with E-state index in [0.717, 1.165) is 29.7 Å². The summed E-state index contributed by atoms with van der Waals surface area (Å²) >= 11 is 0. The van der Waals surface area contributed by atoms with Gasteiger partial charge in [0.25, 0.3) is 0 Å². The Morgan fingerprint density at radius 2 is 1.90 bits per heavy atom. The number of allylic oxidation sites excluding steroid dienone is 1. The van der Waals surface area contributed by atoms with Crippen LogP contribution in [0.15, 0.2) is 40.1 Å².